The third-order valence-corrected chi connectivity index (χ3v) is 3.14. The number of rotatable bonds is 3. The van der Waals surface area contributed by atoms with E-state index < -0.39 is 5.60 Å². The van der Waals surface area contributed by atoms with Gasteiger partial charge in [-0.1, -0.05) is 0 Å². The molecule has 1 aliphatic rings. The highest BCUT2D eigenvalue weighted by Gasteiger charge is 2.24. The van der Waals surface area contributed by atoms with Crippen LogP contribution >= 0.6 is 0 Å². The molecule has 4 nitrogen and oxygen atoms in total. The second-order valence-electron chi connectivity index (χ2n) is 5.94. The van der Waals surface area contributed by atoms with Crippen LogP contribution in [-0.4, -0.2) is 24.3 Å². The summed E-state index contributed by atoms with van der Waals surface area (Å²) in [6.07, 6.45) is 5.24. The van der Waals surface area contributed by atoms with Gasteiger partial charge in [-0.2, -0.15) is 0 Å². The molecule has 0 spiro atoms. The molecule has 0 unspecified atom stereocenters. The first-order valence-electron chi connectivity index (χ1n) is 6.60. The van der Waals surface area contributed by atoms with Crippen molar-refractivity contribution in [3.8, 4) is 0 Å². The van der Waals surface area contributed by atoms with Crippen molar-refractivity contribution >= 4 is 6.09 Å². The van der Waals surface area contributed by atoms with E-state index in [1.54, 1.807) is 0 Å². The predicted octanol–water partition coefficient (Wildman–Crippen LogP) is 2.42. The maximum atomic E-state index is 11.6. The number of nitrogens with one attached hydrogen (secondary N) is 1. The van der Waals surface area contributed by atoms with Crippen molar-refractivity contribution in [2.45, 2.75) is 64.5 Å². The van der Waals surface area contributed by atoms with Gasteiger partial charge in [0, 0.05) is 6.04 Å². The van der Waals surface area contributed by atoms with Crippen LogP contribution in [0.4, 0.5) is 4.79 Å². The molecule has 1 rings (SSSR count). The largest absolute Gasteiger partial charge is 0.444 e. The van der Waals surface area contributed by atoms with Crippen LogP contribution < -0.4 is 11.1 Å². The molecule has 0 bridgehead atoms. The van der Waals surface area contributed by atoms with E-state index in [4.69, 9.17) is 10.5 Å². The molecule has 1 fully saturated rings. The van der Waals surface area contributed by atoms with Gasteiger partial charge in [0.2, 0.25) is 0 Å². The lowest BCUT2D eigenvalue weighted by atomic mass is 9.84. The molecule has 0 aromatic rings. The highest BCUT2D eigenvalue weighted by atomic mass is 16.6. The molecule has 4 heteroatoms. The first-order valence-corrected chi connectivity index (χ1v) is 6.60. The topological polar surface area (TPSA) is 64.3 Å². The van der Waals surface area contributed by atoms with Crippen LogP contribution in [0.15, 0.2) is 0 Å². The number of amides is 1. The summed E-state index contributed by atoms with van der Waals surface area (Å²) in [6.45, 7) is 6.41. The maximum absolute atomic E-state index is 11.6. The number of hydrogen-bond acceptors (Lipinski definition) is 3. The van der Waals surface area contributed by atoms with E-state index in [1.165, 1.54) is 0 Å². The van der Waals surface area contributed by atoms with Crippen LogP contribution in [0.1, 0.15) is 52.9 Å². The van der Waals surface area contributed by atoms with Crippen molar-refractivity contribution in [2.24, 2.45) is 11.7 Å². The van der Waals surface area contributed by atoms with E-state index >= 15 is 0 Å². The number of hydrogen-bond donors (Lipinski definition) is 2. The second-order valence-corrected chi connectivity index (χ2v) is 5.94. The summed E-state index contributed by atoms with van der Waals surface area (Å²) >= 11 is 0. The summed E-state index contributed by atoms with van der Waals surface area (Å²) < 4.78 is 5.24. The average molecular weight is 242 g/mol. The van der Waals surface area contributed by atoms with Crippen molar-refractivity contribution in [1.82, 2.24) is 5.32 Å². The molecule has 0 aromatic carbocycles. The van der Waals surface area contributed by atoms with Crippen LogP contribution in [0.3, 0.4) is 0 Å². The minimum Gasteiger partial charge on any atom is -0.444 e. The Labute approximate surface area is 104 Å². The van der Waals surface area contributed by atoms with E-state index in [1.807, 2.05) is 20.8 Å². The Bertz CT molecular complexity index is 240. The second kappa shape index (κ2) is 6.24. The summed E-state index contributed by atoms with van der Waals surface area (Å²) in [5.74, 6) is 0.747. The third kappa shape index (κ3) is 5.91. The molecule has 0 saturated heterocycles. The molecule has 0 aromatic heterocycles. The first-order chi connectivity index (χ1) is 7.90. The van der Waals surface area contributed by atoms with E-state index in [-0.39, 0.29) is 12.1 Å². The third-order valence-electron chi connectivity index (χ3n) is 3.14. The molecule has 1 amide bonds. The van der Waals surface area contributed by atoms with Gasteiger partial charge in [-0.25, -0.2) is 4.79 Å². The van der Waals surface area contributed by atoms with Gasteiger partial charge in [-0.15, -0.1) is 0 Å². The van der Waals surface area contributed by atoms with Gasteiger partial charge in [-0.05, 0) is 65.3 Å². The van der Waals surface area contributed by atoms with E-state index in [0.717, 1.165) is 44.6 Å². The van der Waals surface area contributed by atoms with Gasteiger partial charge in [-0.3, -0.25) is 0 Å². The van der Waals surface area contributed by atoms with Gasteiger partial charge in [0.05, 0.1) is 0 Å². The first kappa shape index (κ1) is 14.3. The van der Waals surface area contributed by atoms with Crippen molar-refractivity contribution < 1.29 is 9.53 Å². The summed E-state index contributed by atoms with van der Waals surface area (Å²) in [6, 6.07) is 0.277. The lowest BCUT2D eigenvalue weighted by Crippen LogP contribution is -2.41. The van der Waals surface area contributed by atoms with E-state index in [2.05, 4.69) is 5.32 Å². The Kier molecular flexibility index (Phi) is 5.25. The Hall–Kier alpha value is -0.770. The molecular weight excluding hydrogens is 216 g/mol. The van der Waals surface area contributed by atoms with Crippen molar-refractivity contribution in [3.63, 3.8) is 0 Å². The molecule has 0 heterocycles. The molecule has 0 atom stereocenters. The Morgan fingerprint density at radius 2 is 1.88 bits per heavy atom. The number of ether oxygens (including phenoxy) is 1. The zero-order valence-electron chi connectivity index (χ0n) is 11.3. The molecule has 1 aliphatic carbocycles. The summed E-state index contributed by atoms with van der Waals surface area (Å²) in [5.41, 5.74) is 5.14. The number of carbonyl (C=O) groups is 1. The fourth-order valence-corrected chi connectivity index (χ4v) is 2.31. The molecule has 0 aliphatic heterocycles. The van der Waals surface area contributed by atoms with Gasteiger partial charge in [0.25, 0.3) is 0 Å². The SMILES string of the molecule is CC(C)(C)OC(=O)N[C@H]1CC[C@H](CCN)CC1. The normalized spacial score (nSPS) is 25.4. The minimum absolute atomic E-state index is 0.277. The van der Waals surface area contributed by atoms with E-state index in [9.17, 15) is 4.79 Å². The standard InChI is InChI=1S/C13H26N2O2/c1-13(2,3)17-12(16)15-11-6-4-10(5-7-11)8-9-14/h10-11H,4-9,14H2,1-3H3,(H,15,16)/t10-,11-. The zero-order valence-corrected chi connectivity index (χ0v) is 11.3. The van der Waals surface area contributed by atoms with Crippen LogP contribution in [0.2, 0.25) is 0 Å². The summed E-state index contributed by atoms with van der Waals surface area (Å²) in [4.78, 5) is 11.6. The fraction of sp³-hybridized carbons (Fsp3) is 0.923. The monoisotopic (exact) mass is 242 g/mol. The summed E-state index contributed by atoms with van der Waals surface area (Å²) in [5, 5.41) is 2.95. The Morgan fingerprint density at radius 3 is 2.35 bits per heavy atom. The van der Waals surface area contributed by atoms with Gasteiger partial charge < -0.3 is 15.8 Å². The number of alkyl carbamates (subject to hydrolysis) is 1. The lowest BCUT2D eigenvalue weighted by Gasteiger charge is -2.29. The van der Waals surface area contributed by atoms with Crippen molar-refractivity contribution in [1.29, 1.82) is 0 Å². The van der Waals surface area contributed by atoms with Crippen molar-refractivity contribution in [2.75, 3.05) is 6.54 Å². The molecule has 100 valence electrons. The highest BCUT2D eigenvalue weighted by Crippen LogP contribution is 2.26. The fourth-order valence-electron chi connectivity index (χ4n) is 2.31. The van der Waals surface area contributed by atoms with Gasteiger partial charge in [0.15, 0.2) is 0 Å². The molecule has 1 saturated carbocycles. The maximum Gasteiger partial charge on any atom is 0.407 e. The van der Waals surface area contributed by atoms with Crippen LogP contribution in [0, 0.1) is 5.92 Å². The van der Waals surface area contributed by atoms with Crippen LogP contribution in [0.5, 0.6) is 0 Å². The van der Waals surface area contributed by atoms with Gasteiger partial charge >= 0.3 is 6.09 Å². The van der Waals surface area contributed by atoms with Crippen molar-refractivity contribution in [3.05, 3.63) is 0 Å². The number of carbonyl (C=O) groups excluding carboxylic acids is 1. The molecule has 3 N–H and O–H groups in total. The van der Waals surface area contributed by atoms with Crippen LogP contribution in [-0.2, 0) is 4.74 Å². The lowest BCUT2D eigenvalue weighted by molar-refractivity contribution is 0.0487. The highest BCUT2D eigenvalue weighted by molar-refractivity contribution is 5.68. The average Bonchev–Trinajstić information content (AvgIpc) is 2.18. The Morgan fingerprint density at radius 1 is 1.29 bits per heavy atom. The molecular formula is C13H26N2O2. The van der Waals surface area contributed by atoms with Crippen LogP contribution in [0.25, 0.3) is 0 Å². The quantitative estimate of drug-likeness (QED) is 0.799. The smallest absolute Gasteiger partial charge is 0.407 e. The number of nitrogens with two attached hydrogens (primary N) is 1. The molecule has 0 radical (unpaired) electrons. The zero-order chi connectivity index (χ0) is 12.9. The summed E-state index contributed by atoms with van der Waals surface area (Å²) in [7, 11) is 0. The predicted molar refractivity (Wildman–Crippen MR) is 68.8 cm³/mol. The minimum atomic E-state index is -0.416. The Balaban J connectivity index is 2.24. The molecule has 17 heavy (non-hydrogen) atoms. The van der Waals surface area contributed by atoms with E-state index in [0.29, 0.717) is 0 Å². The van der Waals surface area contributed by atoms with Gasteiger partial charge in [0.1, 0.15) is 5.60 Å².